The molecule has 5 heterocycles. The Labute approximate surface area is 183 Å². The normalized spacial score (nSPS) is 30.8. The van der Waals surface area contributed by atoms with Crippen LogP contribution in [-0.2, 0) is 4.74 Å². The molecule has 1 spiro atoms. The largest absolute Gasteiger partial charge is 0.390 e. The maximum absolute atomic E-state index is 11.1. The molecule has 1 aliphatic heterocycles. The zero-order chi connectivity index (χ0) is 21.3. The molecule has 2 fully saturated rings. The molecule has 1 aliphatic carbocycles. The molecule has 0 aromatic carbocycles. The summed E-state index contributed by atoms with van der Waals surface area (Å²) in [5.74, 6) is 0. The second kappa shape index (κ2) is 6.74. The molecular formula is C22H22ClN5O3. The van der Waals surface area contributed by atoms with Gasteiger partial charge in [-0.3, -0.25) is 4.40 Å². The molecule has 9 heteroatoms. The van der Waals surface area contributed by atoms with Crippen LogP contribution in [0.25, 0.3) is 16.7 Å². The van der Waals surface area contributed by atoms with Gasteiger partial charge in [0, 0.05) is 23.2 Å². The Morgan fingerprint density at radius 1 is 1.16 bits per heavy atom. The Morgan fingerprint density at radius 3 is 2.90 bits per heavy atom. The number of aliphatic hydroxyl groups excluding tert-OH is 2. The van der Waals surface area contributed by atoms with Crippen molar-refractivity contribution in [2.45, 2.75) is 44.1 Å². The molecule has 1 saturated heterocycles. The molecule has 4 aromatic heterocycles. The van der Waals surface area contributed by atoms with Gasteiger partial charge in [-0.05, 0) is 43.5 Å². The number of fused-ring (bicyclic) bond motifs is 2. The number of nitrogens with zero attached hydrogens (tertiary/aromatic N) is 5. The van der Waals surface area contributed by atoms with Crippen LogP contribution in [0.5, 0.6) is 0 Å². The van der Waals surface area contributed by atoms with Gasteiger partial charge in [-0.2, -0.15) is 0 Å². The van der Waals surface area contributed by atoms with Crippen molar-refractivity contribution in [3.8, 4) is 0 Å². The smallest absolute Gasteiger partial charge is 0.143 e. The maximum Gasteiger partial charge on any atom is 0.143 e. The third-order valence-electron chi connectivity index (χ3n) is 7.05. The van der Waals surface area contributed by atoms with Gasteiger partial charge in [0.2, 0.25) is 0 Å². The Kier molecular flexibility index (Phi) is 4.17. The van der Waals surface area contributed by atoms with Crippen LogP contribution in [0.1, 0.15) is 36.2 Å². The van der Waals surface area contributed by atoms with Gasteiger partial charge >= 0.3 is 0 Å². The first kappa shape index (κ1) is 19.2. The van der Waals surface area contributed by atoms with Gasteiger partial charge in [0.05, 0.1) is 36.7 Å². The summed E-state index contributed by atoms with van der Waals surface area (Å²) >= 11 is 6.13. The first-order chi connectivity index (χ1) is 15.0. The average Bonchev–Trinajstić information content (AvgIpc) is 3.53. The van der Waals surface area contributed by atoms with Gasteiger partial charge < -0.3 is 19.5 Å². The van der Waals surface area contributed by atoms with Crippen molar-refractivity contribution < 1.29 is 14.9 Å². The fourth-order valence-electron chi connectivity index (χ4n) is 5.34. The van der Waals surface area contributed by atoms with Crippen LogP contribution < -0.4 is 0 Å². The van der Waals surface area contributed by atoms with E-state index in [0.29, 0.717) is 24.6 Å². The number of pyridine rings is 1. The first-order valence-electron chi connectivity index (χ1n) is 10.4. The molecule has 0 bridgehead atoms. The number of halogens is 1. The van der Waals surface area contributed by atoms with Gasteiger partial charge in [0.25, 0.3) is 0 Å². The summed E-state index contributed by atoms with van der Waals surface area (Å²) in [5.41, 5.74) is 2.90. The lowest BCUT2D eigenvalue weighted by Gasteiger charge is -2.26. The van der Waals surface area contributed by atoms with Gasteiger partial charge in [-0.1, -0.05) is 11.6 Å². The topological polar surface area (TPSA) is 97.7 Å². The van der Waals surface area contributed by atoms with E-state index in [4.69, 9.17) is 16.3 Å². The van der Waals surface area contributed by atoms with Crippen LogP contribution in [0.3, 0.4) is 0 Å². The van der Waals surface area contributed by atoms with E-state index in [1.807, 2.05) is 42.1 Å². The highest BCUT2D eigenvalue weighted by molar-refractivity contribution is 6.29. The summed E-state index contributed by atoms with van der Waals surface area (Å²) in [6.45, 7) is 2.33. The van der Waals surface area contributed by atoms with Crippen LogP contribution in [0.4, 0.5) is 0 Å². The van der Waals surface area contributed by atoms with Gasteiger partial charge in [0.1, 0.15) is 28.9 Å². The van der Waals surface area contributed by atoms with E-state index < -0.39 is 17.6 Å². The lowest BCUT2D eigenvalue weighted by Crippen LogP contribution is -2.37. The molecule has 2 N–H and O–H groups in total. The van der Waals surface area contributed by atoms with Crippen molar-refractivity contribution in [2.24, 2.45) is 5.41 Å². The van der Waals surface area contributed by atoms with E-state index >= 15 is 0 Å². The number of aromatic nitrogens is 5. The van der Waals surface area contributed by atoms with Gasteiger partial charge in [-0.15, -0.1) is 0 Å². The highest BCUT2D eigenvalue weighted by Gasteiger charge is 2.57. The molecule has 5 atom stereocenters. The number of hydrogen-bond donors (Lipinski definition) is 2. The fourth-order valence-corrected chi connectivity index (χ4v) is 5.53. The quantitative estimate of drug-likeness (QED) is 0.498. The van der Waals surface area contributed by atoms with Crippen LogP contribution in [0.2, 0.25) is 5.15 Å². The number of rotatable bonds is 2. The molecular weight excluding hydrogens is 418 g/mol. The molecule has 2 aliphatic rings. The maximum atomic E-state index is 11.1. The lowest BCUT2D eigenvalue weighted by molar-refractivity contribution is -0.0309. The zero-order valence-electron chi connectivity index (χ0n) is 16.9. The summed E-state index contributed by atoms with van der Waals surface area (Å²) in [7, 11) is 0. The van der Waals surface area contributed by atoms with Crippen LogP contribution >= 0.6 is 11.6 Å². The zero-order valence-corrected chi connectivity index (χ0v) is 17.6. The summed E-state index contributed by atoms with van der Waals surface area (Å²) in [6, 6.07) is 5.62. The standard InChI is InChI=1S/C22H22ClN5O3/c1-12-14-3-5-27(21(14)26-11-25-12)15-7-22(20(30)19(15)29)8-16(31-10-22)13-2-4-28-17(23)9-24-18(28)6-13/h2-6,9,11,15-16,19-20,29-30H,7-8,10H2,1H3. The molecule has 0 amide bonds. The van der Waals surface area contributed by atoms with Crippen LogP contribution in [-0.4, -0.2) is 52.9 Å². The van der Waals surface area contributed by atoms with E-state index in [1.54, 1.807) is 10.6 Å². The Balaban J connectivity index is 1.31. The highest BCUT2D eigenvalue weighted by Crippen LogP contribution is 2.54. The number of hydrogen-bond acceptors (Lipinski definition) is 6. The average molecular weight is 440 g/mol. The highest BCUT2D eigenvalue weighted by atomic mass is 35.5. The summed E-state index contributed by atoms with van der Waals surface area (Å²) in [6.07, 6.45) is 6.23. The van der Waals surface area contributed by atoms with Gasteiger partial charge in [-0.25, -0.2) is 15.0 Å². The number of aliphatic hydroxyl groups is 2. The van der Waals surface area contributed by atoms with Gasteiger partial charge in [0.15, 0.2) is 0 Å². The molecule has 8 nitrogen and oxygen atoms in total. The minimum atomic E-state index is -0.901. The first-order valence-corrected chi connectivity index (χ1v) is 10.7. The van der Waals surface area contributed by atoms with Crippen molar-refractivity contribution in [3.05, 3.63) is 59.5 Å². The minimum Gasteiger partial charge on any atom is -0.390 e. The van der Waals surface area contributed by atoms with E-state index in [2.05, 4.69) is 15.0 Å². The summed E-state index contributed by atoms with van der Waals surface area (Å²) in [5, 5.41) is 23.6. The molecule has 4 aromatic rings. The predicted octanol–water partition coefficient (Wildman–Crippen LogP) is 2.86. The summed E-state index contributed by atoms with van der Waals surface area (Å²) in [4.78, 5) is 13.0. The van der Waals surface area contributed by atoms with Crippen LogP contribution in [0.15, 0.2) is 43.1 Å². The van der Waals surface area contributed by atoms with Crippen molar-refractivity contribution in [2.75, 3.05) is 6.61 Å². The van der Waals surface area contributed by atoms with Crippen molar-refractivity contribution in [1.29, 1.82) is 0 Å². The monoisotopic (exact) mass is 439 g/mol. The fraction of sp³-hybridized carbons (Fsp3) is 0.409. The van der Waals surface area contributed by atoms with Crippen molar-refractivity contribution in [3.63, 3.8) is 0 Å². The van der Waals surface area contributed by atoms with E-state index in [-0.39, 0.29) is 12.1 Å². The SMILES string of the molecule is Cc1ncnc2c1ccn2C1CC2(COC(c3ccn4c(Cl)cnc4c3)C2)C(O)C1O. The van der Waals surface area contributed by atoms with E-state index in [9.17, 15) is 10.2 Å². The second-order valence-corrected chi connectivity index (χ2v) is 9.15. The molecule has 160 valence electrons. The molecule has 6 rings (SSSR count). The second-order valence-electron chi connectivity index (χ2n) is 8.76. The molecule has 31 heavy (non-hydrogen) atoms. The third-order valence-corrected chi connectivity index (χ3v) is 7.33. The minimum absolute atomic E-state index is 0.174. The Hall–Kier alpha value is -2.52. The number of imidazole rings is 1. The molecule has 1 saturated carbocycles. The lowest BCUT2D eigenvalue weighted by atomic mass is 9.80. The third kappa shape index (κ3) is 2.75. The number of aryl methyl sites for hydroxylation is 1. The van der Waals surface area contributed by atoms with E-state index in [0.717, 1.165) is 27.9 Å². The Bertz CT molecular complexity index is 1300. The Morgan fingerprint density at radius 2 is 2.03 bits per heavy atom. The van der Waals surface area contributed by atoms with Crippen LogP contribution in [0, 0.1) is 12.3 Å². The predicted molar refractivity (Wildman–Crippen MR) is 114 cm³/mol. The summed E-state index contributed by atoms with van der Waals surface area (Å²) < 4.78 is 9.92. The van der Waals surface area contributed by atoms with Crippen molar-refractivity contribution >= 4 is 28.3 Å². The number of ether oxygens (including phenoxy) is 1. The van der Waals surface area contributed by atoms with E-state index in [1.165, 1.54) is 6.33 Å². The van der Waals surface area contributed by atoms with Crippen molar-refractivity contribution in [1.82, 2.24) is 23.9 Å². The molecule has 0 radical (unpaired) electrons. The molecule has 5 unspecified atom stereocenters.